The van der Waals surface area contributed by atoms with Gasteiger partial charge in [-0.25, -0.2) is 0 Å². The molecule has 1 atom stereocenters. The lowest BCUT2D eigenvalue weighted by atomic mass is 10.0. The first-order chi connectivity index (χ1) is 13.1. The van der Waals surface area contributed by atoms with Crippen LogP contribution in [-0.4, -0.2) is 17.4 Å². The van der Waals surface area contributed by atoms with Crippen LogP contribution in [-0.2, 0) is 4.74 Å². The van der Waals surface area contributed by atoms with E-state index in [0.717, 1.165) is 28.9 Å². The van der Waals surface area contributed by atoms with Crippen LogP contribution in [0.25, 0.3) is 18.7 Å². The largest absolute Gasteiger partial charge is 0.465 e. The second kappa shape index (κ2) is 8.45. The highest BCUT2D eigenvalue weighted by atomic mass is 16.5. The molecule has 1 aromatic rings. The maximum atomic E-state index is 6.15. The highest BCUT2D eigenvalue weighted by Gasteiger charge is 2.22. The van der Waals surface area contributed by atoms with Gasteiger partial charge in [0.1, 0.15) is 5.76 Å². The molecule has 1 aromatic heterocycles. The standard InChI is InChI=1S/C24H24N2O/c1-17-9-5-6-10-19(3)23(25-16-14-17)22-12-7-11-18(2)21-13-8-15-26-24(21)27-20(22)4/h5-7,9-12,14-16,24H,1,3-4,8,13H2,2H3/b9-5?,10-6?,11-7-,16-14?,21-18+,22-12+,25-23?. The molecule has 0 bridgehead atoms. The van der Waals surface area contributed by atoms with Gasteiger partial charge in [0, 0.05) is 18.0 Å². The zero-order valence-corrected chi connectivity index (χ0v) is 15.7. The Hall–Kier alpha value is -3.20. The van der Waals surface area contributed by atoms with E-state index in [9.17, 15) is 0 Å². The molecule has 0 aliphatic carbocycles. The lowest BCUT2D eigenvalue weighted by molar-refractivity contribution is 0.161. The van der Waals surface area contributed by atoms with Gasteiger partial charge in [0.15, 0.2) is 0 Å². The van der Waals surface area contributed by atoms with Crippen LogP contribution in [0.1, 0.15) is 25.5 Å². The fourth-order valence-electron chi connectivity index (χ4n) is 3.01. The molecule has 0 saturated heterocycles. The van der Waals surface area contributed by atoms with Crippen LogP contribution in [0.3, 0.4) is 0 Å². The number of hydrogen-bond acceptors (Lipinski definition) is 3. The summed E-state index contributed by atoms with van der Waals surface area (Å²) in [7, 11) is 0. The van der Waals surface area contributed by atoms with Gasteiger partial charge in [-0.1, -0.05) is 56.2 Å². The van der Waals surface area contributed by atoms with Gasteiger partial charge in [0.05, 0.1) is 5.69 Å². The number of aliphatic imine (C=N–C) groups is 1. The average molecular weight is 356 g/mol. The third-order valence-corrected chi connectivity index (χ3v) is 4.52. The van der Waals surface area contributed by atoms with E-state index < -0.39 is 0 Å². The Bertz CT molecular complexity index is 1030. The Kier molecular flexibility index (Phi) is 5.82. The minimum Gasteiger partial charge on any atom is -0.465 e. The summed E-state index contributed by atoms with van der Waals surface area (Å²) in [6, 6.07) is 9.54. The number of fused-ring (bicyclic) bond motifs is 1. The Balaban J connectivity index is 2.14. The van der Waals surface area contributed by atoms with Crippen molar-refractivity contribution in [2.24, 2.45) is 4.99 Å². The van der Waals surface area contributed by atoms with E-state index >= 15 is 0 Å². The lowest BCUT2D eigenvalue weighted by Gasteiger charge is -2.24. The molecule has 3 heteroatoms. The Morgan fingerprint density at radius 1 is 1.11 bits per heavy atom. The normalized spacial score (nSPS) is 24.9. The number of ether oxygens (including phenoxy) is 1. The number of hydrogen-bond donors (Lipinski definition) is 0. The Morgan fingerprint density at radius 3 is 2.78 bits per heavy atom. The number of nitrogens with zero attached hydrogens (tertiary/aromatic N) is 2. The summed E-state index contributed by atoms with van der Waals surface area (Å²) in [6.07, 6.45) is 11.3. The summed E-state index contributed by atoms with van der Waals surface area (Å²) in [5, 5.41) is 1.65. The van der Waals surface area contributed by atoms with Crippen LogP contribution >= 0.6 is 0 Å². The molecule has 0 aromatic carbocycles. The van der Waals surface area contributed by atoms with Gasteiger partial charge in [-0.2, -0.15) is 0 Å². The van der Waals surface area contributed by atoms with Crippen molar-refractivity contribution in [1.82, 2.24) is 4.98 Å². The van der Waals surface area contributed by atoms with E-state index in [-0.39, 0.29) is 6.23 Å². The maximum Gasteiger partial charge on any atom is 0.211 e. The molecule has 2 aliphatic rings. The molecule has 136 valence electrons. The van der Waals surface area contributed by atoms with Crippen molar-refractivity contribution >= 4 is 24.9 Å². The predicted octanol–water partition coefficient (Wildman–Crippen LogP) is 4.02. The molecule has 0 radical (unpaired) electrons. The highest BCUT2D eigenvalue weighted by molar-refractivity contribution is 5.76. The van der Waals surface area contributed by atoms with E-state index in [4.69, 9.17) is 4.74 Å². The zero-order valence-electron chi connectivity index (χ0n) is 15.7. The molecule has 0 saturated carbocycles. The van der Waals surface area contributed by atoms with Gasteiger partial charge in [-0.15, -0.1) is 0 Å². The van der Waals surface area contributed by atoms with Crippen LogP contribution in [0.5, 0.6) is 0 Å². The first-order valence-corrected chi connectivity index (χ1v) is 8.99. The smallest absolute Gasteiger partial charge is 0.211 e. The van der Waals surface area contributed by atoms with Gasteiger partial charge in [0.2, 0.25) is 6.23 Å². The molecule has 27 heavy (non-hydrogen) atoms. The van der Waals surface area contributed by atoms with Crippen LogP contribution in [0.2, 0.25) is 0 Å². The molecule has 1 unspecified atom stereocenters. The summed E-state index contributed by atoms with van der Waals surface area (Å²) < 4.78 is 6.15. The van der Waals surface area contributed by atoms with Crippen LogP contribution < -0.4 is 10.4 Å². The maximum absolute atomic E-state index is 6.15. The van der Waals surface area contributed by atoms with Crippen molar-refractivity contribution in [3.8, 4) is 0 Å². The van der Waals surface area contributed by atoms with Crippen LogP contribution in [0.15, 0.2) is 83.2 Å². The second-order valence-electron chi connectivity index (χ2n) is 6.52. The monoisotopic (exact) mass is 356 g/mol. The van der Waals surface area contributed by atoms with Crippen molar-refractivity contribution in [2.45, 2.75) is 26.0 Å². The summed E-state index contributed by atoms with van der Waals surface area (Å²) in [5.74, 6) is 0.532. The minimum atomic E-state index is -0.334. The van der Waals surface area contributed by atoms with E-state index in [1.165, 1.54) is 11.1 Å². The van der Waals surface area contributed by atoms with Gasteiger partial charge in [0.25, 0.3) is 0 Å². The fraction of sp³-hybridized carbons (Fsp3) is 0.167. The second-order valence-corrected chi connectivity index (χ2v) is 6.52. The molecule has 0 spiro atoms. The van der Waals surface area contributed by atoms with Gasteiger partial charge in [-0.3, -0.25) is 9.98 Å². The molecule has 3 heterocycles. The van der Waals surface area contributed by atoms with E-state index in [1.807, 2.05) is 48.7 Å². The highest BCUT2D eigenvalue weighted by Crippen LogP contribution is 2.29. The predicted molar refractivity (Wildman–Crippen MR) is 114 cm³/mol. The topological polar surface area (TPSA) is 34.5 Å². The Morgan fingerprint density at radius 2 is 1.93 bits per heavy atom. The number of allylic oxidation sites excluding steroid dienone is 5. The summed E-state index contributed by atoms with van der Waals surface area (Å²) in [5.41, 5.74) is 3.87. The molecule has 0 fully saturated rings. The minimum absolute atomic E-state index is 0.334. The Labute approximate surface area is 160 Å². The van der Waals surface area contributed by atoms with Gasteiger partial charge < -0.3 is 4.74 Å². The van der Waals surface area contributed by atoms with E-state index in [2.05, 4.69) is 42.7 Å². The lowest BCUT2D eigenvalue weighted by Crippen LogP contribution is -2.19. The van der Waals surface area contributed by atoms with Gasteiger partial charge in [-0.05, 0) is 53.5 Å². The third-order valence-electron chi connectivity index (χ3n) is 4.52. The average Bonchev–Trinajstić information content (AvgIpc) is 2.71. The molecule has 0 N–H and O–H groups in total. The molecule has 3 nitrogen and oxygen atoms in total. The van der Waals surface area contributed by atoms with Crippen LogP contribution in [0, 0.1) is 0 Å². The van der Waals surface area contributed by atoms with E-state index in [1.54, 1.807) is 6.20 Å². The van der Waals surface area contributed by atoms with Crippen molar-refractivity contribution in [2.75, 3.05) is 0 Å². The molecule has 2 aliphatic heterocycles. The third kappa shape index (κ3) is 4.50. The van der Waals surface area contributed by atoms with Crippen molar-refractivity contribution in [3.63, 3.8) is 0 Å². The van der Waals surface area contributed by atoms with Crippen molar-refractivity contribution < 1.29 is 4.74 Å². The SMILES string of the molecule is C=C1OC2N=CCC\C2=C(C)/C=C\C=C/1c1nccc(=C)ccccc1=C. The van der Waals surface area contributed by atoms with Gasteiger partial charge >= 0.3 is 0 Å². The first kappa shape index (κ1) is 18.6. The first-order valence-electron chi connectivity index (χ1n) is 8.99. The summed E-state index contributed by atoms with van der Waals surface area (Å²) in [4.78, 5) is 9.14. The fourth-order valence-corrected chi connectivity index (χ4v) is 3.01. The summed E-state index contributed by atoms with van der Waals surface area (Å²) in [6.45, 7) is 14.4. The van der Waals surface area contributed by atoms with Crippen molar-refractivity contribution in [1.29, 1.82) is 0 Å². The zero-order chi connectivity index (χ0) is 19.2. The molecule has 3 rings (SSSR count). The molecular formula is C24H24N2O. The van der Waals surface area contributed by atoms with E-state index in [0.29, 0.717) is 11.5 Å². The quantitative estimate of drug-likeness (QED) is 0.762. The molecular weight excluding hydrogens is 332 g/mol. The summed E-state index contributed by atoms with van der Waals surface area (Å²) >= 11 is 0. The number of aromatic nitrogens is 1. The molecule has 0 amide bonds. The number of rotatable bonds is 1. The van der Waals surface area contributed by atoms with Crippen molar-refractivity contribution in [3.05, 3.63) is 94.4 Å². The van der Waals surface area contributed by atoms with Crippen LogP contribution in [0.4, 0.5) is 0 Å².